The van der Waals surface area contributed by atoms with Crippen LogP contribution in [0.5, 0.6) is 0 Å². The van der Waals surface area contributed by atoms with E-state index in [1.807, 2.05) is 0 Å². The molecule has 1 N–H and O–H groups in total. The Kier molecular flexibility index (Phi) is 6.31. The van der Waals surface area contributed by atoms with Gasteiger partial charge in [0, 0.05) is 11.6 Å². The van der Waals surface area contributed by atoms with Crippen LogP contribution in [0.15, 0.2) is 0 Å². The zero-order chi connectivity index (χ0) is 14.4. The van der Waals surface area contributed by atoms with Gasteiger partial charge >= 0.3 is 0 Å². The number of nitrogens with zero attached hydrogens (tertiary/aromatic N) is 2. The van der Waals surface area contributed by atoms with Gasteiger partial charge in [0.05, 0.1) is 0 Å². The molecule has 2 rings (SSSR count). The number of likely N-dealkylation sites (tertiary alicyclic amines) is 2. The Labute approximate surface area is 126 Å². The molecule has 0 bridgehead atoms. The summed E-state index contributed by atoms with van der Waals surface area (Å²) in [5, 5.41) is 3.59. The number of hydrogen-bond donors (Lipinski definition) is 1. The Morgan fingerprint density at radius 1 is 0.950 bits per heavy atom. The SMILES string of the molecule is CC(C)(C)NCCCN1CCC(N2CCCCC2)CC1. The van der Waals surface area contributed by atoms with Crippen molar-refractivity contribution in [1.82, 2.24) is 15.1 Å². The Balaban J connectivity index is 1.57. The lowest BCUT2D eigenvalue weighted by molar-refractivity contribution is 0.0919. The van der Waals surface area contributed by atoms with Crippen LogP contribution in [0.3, 0.4) is 0 Å². The van der Waals surface area contributed by atoms with Crippen molar-refractivity contribution in [2.24, 2.45) is 0 Å². The van der Waals surface area contributed by atoms with E-state index < -0.39 is 0 Å². The largest absolute Gasteiger partial charge is 0.312 e. The second-order valence-corrected chi connectivity index (χ2v) is 7.70. The van der Waals surface area contributed by atoms with Gasteiger partial charge < -0.3 is 15.1 Å². The molecule has 0 saturated carbocycles. The maximum atomic E-state index is 3.59. The highest BCUT2D eigenvalue weighted by molar-refractivity contribution is 4.81. The minimum atomic E-state index is 0.265. The number of nitrogens with one attached hydrogen (secondary N) is 1. The normalized spacial score (nSPS) is 24.1. The van der Waals surface area contributed by atoms with Crippen molar-refractivity contribution in [3.63, 3.8) is 0 Å². The molecule has 0 radical (unpaired) electrons. The summed E-state index contributed by atoms with van der Waals surface area (Å²) in [6, 6.07) is 0.888. The molecule has 0 aromatic rings. The summed E-state index contributed by atoms with van der Waals surface area (Å²) < 4.78 is 0. The third-order valence-electron chi connectivity index (χ3n) is 4.77. The van der Waals surface area contributed by atoms with Gasteiger partial charge in [-0.15, -0.1) is 0 Å². The van der Waals surface area contributed by atoms with Gasteiger partial charge in [-0.05, 0) is 92.1 Å². The highest BCUT2D eigenvalue weighted by Gasteiger charge is 2.25. The molecule has 2 aliphatic heterocycles. The lowest BCUT2D eigenvalue weighted by Gasteiger charge is -2.40. The Bertz CT molecular complexity index is 258. The Hall–Kier alpha value is -0.120. The van der Waals surface area contributed by atoms with Crippen LogP contribution >= 0.6 is 0 Å². The summed E-state index contributed by atoms with van der Waals surface area (Å²) in [6.07, 6.45) is 8.39. The molecule has 0 amide bonds. The Morgan fingerprint density at radius 2 is 1.60 bits per heavy atom. The minimum Gasteiger partial charge on any atom is -0.312 e. The molecule has 2 heterocycles. The van der Waals surface area contributed by atoms with E-state index in [9.17, 15) is 0 Å². The molecule has 0 aromatic heterocycles. The van der Waals surface area contributed by atoms with Crippen molar-refractivity contribution >= 4 is 0 Å². The summed E-state index contributed by atoms with van der Waals surface area (Å²) in [7, 11) is 0. The molecule has 0 aromatic carbocycles. The molecule has 3 nitrogen and oxygen atoms in total. The summed E-state index contributed by atoms with van der Waals surface area (Å²) in [5.41, 5.74) is 0.265. The first-order valence-electron chi connectivity index (χ1n) is 8.76. The van der Waals surface area contributed by atoms with E-state index in [-0.39, 0.29) is 5.54 Å². The smallest absolute Gasteiger partial charge is 0.0120 e. The van der Waals surface area contributed by atoms with Crippen molar-refractivity contribution in [1.29, 1.82) is 0 Å². The quantitative estimate of drug-likeness (QED) is 0.782. The van der Waals surface area contributed by atoms with Gasteiger partial charge in [-0.25, -0.2) is 0 Å². The van der Waals surface area contributed by atoms with Crippen LogP contribution in [0.2, 0.25) is 0 Å². The maximum absolute atomic E-state index is 3.59. The third kappa shape index (κ3) is 5.71. The van der Waals surface area contributed by atoms with Gasteiger partial charge in [0.25, 0.3) is 0 Å². The van der Waals surface area contributed by atoms with Crippen LogP contribution in [0, 0.1) is 0 Å². The van der Waals surface area contributed by atoms with E-state index in [4.69, 9.17) is 0 Å². The topological polar surface area (TPSA) is 18.5 Å². The van der Waals surface area contributed by atoms with Crippen molar-refractivity contribution < 1.29 is 0 Å². The third-order valence-corrected chi connectivity index (χ3v) is 4.77. The lowest BCUT2D eigenvalue weighted by atomic mass is 10.00. The summed E-state index contributed by atoms with van der Waals surface area (Å²) >= 11 is 0. The molecule has 0 spiro atoms. The molecule has 0 aliphatic carbocycles. The monoisotopic (exact) mass is 281 g/mol. The fraction of sp³-hybridized carbons (Fsp3) is 1.00. The molecular weight excluding hydrogens is 246 g/mol. The first-order valence-corrected chi connectivity index (χ1v) is 8.76. The fourth-order valence-corrected chi connectivity index (χ4v) is 3.56. The molecule has 2 saturated heterocycles. The number of rotatable bonds is 5. The molecule has 0 unspecified atom stereocenters. The average molecular weight is 281 g/mol. The van der Waals surface area contributed by atoms with Crippen LogP contribution in [-0.2, 0) is 0 Å². The first-order chi connectivity index (χ1) is 9.54. The number of hydrogen-bond acceptors (Lipinski definition) is 3. The minimum absolute atomic E-state index is 0.265. The van der Waals surface area contributed by atoms with Gasteiger partial charge in [-0.1, -0.05) is 6.42 Å². The Morgan fingerprint density at radius 3 is 2.20 bits per heavy atom. The predicted molar refractivity (Wildman–Crippen MR) is 87.3 cm³/mol. The molecule has 3 heteroatoms. The second-order valence-electron chi connectivity index (χ2n) is 7.70. The molecule has 0 atom stereocenters. The first kappa shape index (κ1) is 16.3. The van der Waals surface area contributed by atoms with Crippen LogP contribution in [-0.4, -0.2) is 60.6 Å². The number of piperidine rings is 2. The van der Waals surface area contributed by atoms with E-state index >= 15 is 0 Å². The zero-order valence-electron chi connectivity index (χ0n) is 14.0. The van der Waals surface area contributed by atoms with Crippen LogP contribution < -0.4 is 5.32 Å². The zero-order valence-corrected chi connectivity index (χ0v) is 14.0. The fourth-order valence-electron chi connectivity index (χ4n) is 3.56. The second kappa shape index (κ2) is 7.77. The molecule has 20 heavy (non-hydrogen) atoms. The van der Waals surface area contributed by atoms with Gasteiger partial charge in [0.2, 0.25) is 0 Å². The van der Waals surface area contributed by atoms with E-state index in [0.29, 0.717) is 0 Å². The molecular formula is C17H35N3. The molecule has 118 valence electrons. The van der Waals surface area contributed by atoms with Crippen LogP contribution in [0.25, 0.3) is 0 Å². The highest BCUT2D eigenvalue weighted by Crippen LogP contribution is 2.20. The predicted octanol–water partition coefficient (Wildman–Crippen LogP) is 2.71. The van der Waals surface area contributed by atoms with Crippen molar-refractivity contribution in [3.05, 3.63) is 0 Å². The van der Waals surface area contributed by atoms with E-state index in [0.717, 1.165) is 12.6 Å². The van der Waals surface area contributed by atoms with Gasteiger partial charge in [0.15, 0.2) is 0 Å². The lowest BCUT2D eigenvalue weighted by Crippen LogP contribution is -2.47. The van der Waals surface area contributed by atoms with Gasteiger partial charge in [0.1, 0.15) is 0 Å². The molecule has 2 fully saturated rings. The van der Waals surface area contributed by atoms with Gasteiger partial charge in [-0.2, -0.15) is 0 Å². The highest BCUT2D eigenvalue weighted by atomic mass is 15.2. The summed E-state index contributed by atoms with van der Waals surface area (Å²) in [5.74, 6) is 0. The molecule has 2 aliphatic rings. The van der Waals surface area contributed by atoms with Crippen molar-refractivity contribution in [3.8, 4) is 0 Å². The maximum Gasteiger partial charge on any atom is 0.0120 e. The summed E-state index contributed by atoms with van der Waals surface area (Å²) in [6.45, 7) is 14.5. The van der Waals surface area contributed by atoms with Crippen LogP contribution in [0.4, 0.5) is 0 Å². The average Bonchev–Trinajstić information content (AvgIpc) is 2.44. The summed E-state index contributed by atoms with van der Waals surface area (Å²) in [4.78, 5) is 5.44. The van der Waals surface area contributed by atoms with Gasteiger partial charge in [-0.3, -0.25) is 0 Å². The van der Waals surface area contributed by atoms with E-state index in [1.54, 1.807) is 0 Å². The van der Waals surface area contributed by atoms with Crippen molar-refractivity contribution in [2.75, 3.05) is 39.3 Å². The van der Waals surface area contributed by atoms with E-state index in [2.05, 4.69) is 35.9 Å². The standard InChI is InChI=1S/C17H35N3/c1-17(2,3)18-10-7-11-19-14-8-16(9-15-19)20-12-5-4-6-13-20/h16,18H,4-15H2,1-3H3. The van der Waals surface area contributed by atoms with Crippen molar-refractivity contribution in [2.45, 2.75) is 70.9 Å². The van der Waals surface area contributed by atoms with E-state index in [1.165, 1.54) is 71.2 Å². The van der Waals surface area contributed by atoms with Crippen LogP contribution in [0.1, 0.15) is 59.3 Å².